The van der Waals surface area contributed by atoms with Crippen molar-refractivity contribution in [2.45, 2.75) is 6.18 Å². The van der Waals surface area contributed by atoms with Crippen LogP contribution < -0.4 is 5.73 Å². The molecule has 2 aromatic rings. The summed E-state index contributed by atoms with van der Waals surface area (Å²) in [5.41, 5.74) is 4.64. The van der Waals surface area contributed by atoms with E-state index >= 15 is 0 Å². The summed E-state index contributed by atoms with van der Waals surface area (Å²) in [4.78, 5) is 15.4. The Morgan fingerprint density at radius 3 is 2.65 bits per heavy atom. The van der Waals surface area contributed by atoms with Crippen LogP contribution >= 0.6 is 0 Å². The maximum atomic E-state index is 12.5. The zero-order chi connectivity index (χ0) is 14.9. The first-order valence-electron chi connectivity index (χ1n) is 5.29. The minimum atomic E-state index is -4.53. The van der Waals surface area contributed by atoms with Gasteiger partial charge in [-0.3, -0.25) is 0 Å². The van der Waals surface area contributed by atoms with Crippen molar-refractivity contribution < 1.29 is 22.7 Å². The highest BCUT2D eigenvalue weighted by molar-refractivity contribution is 5.93. The molecule has 0 unspecified atom stereocenters. The Kier molecular flexibility index (Phi) is 3.35. The van der Waals surface area contributed by atoms with Gasteiger partial charge in [0, 0.05) is 6.20 Å². The molecule has 0 aliphatic carbocycles. The van der Waals surface area contributed by atoms with Gasteiger partial charge in [0.25, 0.3) is 0 Å². The van der Waals surface area contributed by atoms with Gasteiger partial charge in [0.05, 0.1) is 30.8 Å². The molecule has 0 aromatic carbocycles. The number of hydrogen-bond donors (Lipinski definition) is 1. The van der Waals surface area contributed by atoms with Crippen LogP contribution in [0.3, 0.4) is 0 Å². The molecule has 0 amide bonds. The van der Waals surface area contributed by atoms with E-state index in [0.29, 0.717) is 6.20 Å². The number of carbonyl (C=O) groups excluding carboxylic acids is 1. The quantitative estimate of drug-likeness (QED) is 0.849. The van der Waals surface area contributed by atoms with Crippen LogP contribution in [0.4, 0.5) is 18.9 Å². The smallest absolute Gasteiger partial charge is 0.419 e. The van der Waals surface area contributed by atoms with Crippen molar-refractivity contribution >= 4 is 11.7 Å². The largest absolute Gasteiger partial charge is 0.465 e. The number of carbonyl (C=O) groups is 1. The predicted molar refractivity (Wildman–Crippen MR) is 62.1 cm³/mol. The number of anilines is 1. The third-order valence-electron chi connectivity index (χ3n) is 2.42. The molecule has 9 heteroatoms. The van der Waals surface area contributed by atoms with Gasteiger partial charge in [-0.05, 0) is 6.07 Å². The van der Waals surface area contributed by atoms with Crippen molar-refractivity contribution in [2.75, 3.05) is 12.8 Å². The van der Waals surface area contributed by atoms with Crippen LogP contribution in [0.2, 0.25) is 0 Å². The molecule has 0 saturated heterocycles. The van der Waals surface area contributed by atoms with E-state index in [2.05, 4.69) is 14.8 Å². The molecular weight excluding hydrogens is 277 g/mol. The molecule has 0 spiro atoms. The summed E-state index contributed by atoms with van der Waals surface area (Å²) in [6.07, 6.45) is -1.96. The number of methoxy groups -OCH3 is 1. The van der Waals surface area contributed by atoms with Crippen molar-refractivity contribution in [2.24, 2.45) is 0 Å². The molecule has 0 saturated carbocycles. The minimum Gasteiger partial charge on any atom is -0.465 e. The van der Waals surface area contributed by atoms with E-state index in [1.807, 2.05) is 0 Å². The van der Waals surface area contributed by atoms with Crippen LogP contribution in [-0.2, 0) is 10.9 Å². The number of hydrogen-bond acceptors (Lipinski definition) is 5. The van der Waals surface area contributed by atoms with E-state index in [1.165, 1.54) is 12.3 Å². The summed E-state index contributed by atoms with van der Waals surface area (Å²) in [7, 11) is 1.14. The number of nitrogens with zero attached hydrogens (tertiary/aromatic N) is 3. The number of halogens is 3. The van der Waals surface area contributed by atoms with E-state index in [0.717, 1.165) is 18.0 Å². The van der Waals surface area contributed by atoms with Crippen molar-refractivity contribution in [3.8, 4) is 5.82 Å². The highest BCUT2D eigenvalue weighted by Gasteiger charge is 2.32. The van der Waals surface area contributed by atoms with Gasteiger partial charge in [-0.25, -0.2) is 14.5 Å². The van der Waals surface area contributed by atoms with Crippen molar-refractivity contribution in [1.29, 1.82) is 0 Å². The zero-order valence-corrected chi connectivity index (χ0v) is 10.2. The summed E-state index contributed by atoms with van der Waals surface area (Å²) in [6, 6.07) is 1.25. The molecule has 0 radical (unpaired) electrons. The summed E-state index contributed by atoms with van der Waals surface area (Å²) in [5.74, 6) is -0.870. The SMILES string of the molecule is COC(=O)c1cc(N)cnc1-n1cc(C(F)(F)F)cn1. The second kappa shape index (κ2) is 4.83. The number of aromatic nitrogens is 3. The maximum Gasteiger partial charge on any atom is 0.419 e. The molecule has 2 heterocycles. The summed E-state index contributed by atoms with van der Waals surface area (Å²) in [5, 5.41) is 3.55. The highest BCUT2D eigenvalue weighted by atomic mass is 19.4. The number of esters is 1. The minimum absolute atomic E-state index is 0.0793. The van der Waals surface area contributed by atoms with Crippen LogP contribution in [0.15, 0.2) is 24.7 Å². The Hall–Kier alpha value is -2.58. The third kappa shape index (κ3) is 2.56. The second-order valence-electron chi connectivity index (χ2n) is 3.80. The Morgan fingerprint density at radius 1 is 1.40 bits per heavy atom. The zero-order valence-electron chi connectivity index (χ0n) is 10.2. The second-order valence-corrected chi connectivity index (χ2v) is 3.80. The van der Waals surface area contributed by atoms with Crippen LogP contribution in [0.1, 0.15) is 15.9 Å². The number of pyridine rings is 1. The van der Waals surface area contributed by atoms with E-state index in [1.54, 1.807) is 0 Å². The van der Waals surface area contributed by atoms with Gasteiger partial charge in [0.1, 0.15) is 5.56 Å². The predicted octanol–water partition coefficient (Wildman–Crippen LogP) is 1.65. The molecule has 2 N–H and O–H groups in total. The summed E-state index contributed by atoms with van der Waals surface area (Å²) in [6.45, 7) is 0. The van der Waals surface area contributed by atoms with Crippen LogP contribution in [-0.4, -0.2) is 27.8 Å². The topological polar surface area (TPSA) is 83.0 Å². The highest BCUT2D eigenvalue weighted by Crippen LogP contribution is 2.29. The molecule has 106 valence electrons. The Morgan fingerprint density at radius 2 is 2.10 bits per heavy atom. The Balaban J connectivity index is 2.52. The number of nitrogens with two attached hydrogens (primary N) is 1. The molecular formula is C11H9F3N4O2. The number of alkyl halides is 3. The van der Waals surface area contributed by atoms with Gasteiger partial charge in [-0.1, -0.05) is 0 Å². The Labute approximate surface area is 111 Å². The molecule has 6 nitrogen and oxygen atoms in total. The monoisotopic (exact) mass is 286 g/mol. The van der Waals surface area contributed by atoms with E-state index < -0.39 is 17.7 Å². The van der Waals surface area contributed by atoms with Gasteiger partial charge in [0.2, 0.25) is 0 Å². The fourth-order valence-electron chi connectivity index (χ4n) is 1.50. The molecule has 0 aliphatic heterocycles. The molecule has 0 fully saturated rings. The number of ether oxygens (including phenoxy) is 1. The average molecular weight is 286 g/mol. The first-order chi connectivity index (χ1) is 9.32. The van der Waals surface area contributed by atoms with Crippen LogP contribution in [0.5, 0.6) is 0 Å². The van der Waals surface area contributed by atoms with Crippen molar-refractivity contribution in [1.82, 2.24) is 14.8 Å². The molecule has 2 aromatic heterocycles. The maximum absolute atomic E-state index is 12.5. The van der Waals surface area contributed by atoms with Crippen molar-refractivity contribution in [3.63, 3.8) is 0 Å². The van der Waals surface area contributed by atoms with Gasteiger partial charge in [-0.15, -0.1) is 0 Å². The van der Waals surface area contributed by atoms with E-state index in [9.17, 15) is 18.0 Å². The first-order valence-corrected chi connectivity index (χ1v) is 5.29. The van der Waals surface area contributed by atoms with E-state index in [4.69, 9.17) is 5.73 Å². The number of rotatable bonds is 2. The van der Waals surface area contributed by atoms with Gasteiger partial charge < -0.3 is 10.5 Å². The first kappa shape index (κ1) is 13.8. The van der Waals surface area contributed by atoms with Crippen molar-refractivity contribution in [3.05, 3.63) is 35.8 Å². The average Bonchev–Trinajstić information content (AvgIpc) is 2.87. The fraction of sp³-hybridized carbons (Fsp3) is 0.182. The molecule has 0 bridgehead atoms. The summed E-state index contributed by atoms with van der Waals surface area (Å²) < 4.78 is 42.9. The number of nitrogen functional groups attached to an aromatic ring is 1. The molecule has 0 atom stereocenters. The molecule has 20 heavy (non-hydrogen) atoms. The lowest BCUT2D eigenvalue weighted by atomic mass is 10.2. The lowest BCUT2D eigenvalue weighted by Crippen LogP contribution is -2.11. The lowest BCUT2D eigenvalue weighted by Gasteiger charge is -2.07. The van der Waals surface area contributed by atoms with Crippen LogP contribution in [0, 0.1) is 0 Å². The van der Waals surface area contributed by atoms with Gasteiger partial charge in [-0.2, -0.15) is 18.3 Å². The van der Waals surface area contributed by atoms with Gasteiger partial charge >= 0.3 is 12.1 Å². The normalized spacial score (nSPS) is 11.4. The van der Waals surface area contributed by atoms with E-state index in [-0.39, 0.29) is 17.1 Å². The standard InChI is InChI=1S/C11H9F3N4O2/c1-20-10(19)8-2-7(15)4-16-9(8)18-5-6(3-17-18)11(12,13)14/h2-5H,15H2,1H3. The fourth-order valence-corrected chi connectivity index (χ4v) is 1.50. The summed E-state index contributed by atoms with van der Waals surface area (Å²) >= 11 is 0. The lowest BCUT2D eigenvalue weighted by molar-refractivity contribution is -0.137. The van der Waals surface area contributed by atoms with Gasteiger partial charge in [0.15, 0.2) is 5.82 Å². The Bertz CT molecular complexity index is 651. The van der Waals surface area contributed by atoms with Crippen LogP contribution in [0.25, 0.3) is 5.82 Å². The molecule has 0 aliphatic rings. The molecule has 2 rings (SSSR count). The third-order valence-corrected chi connectivity index (χ3v) is 2.42.